The Morgan fingerprint density at radius 3 is 2.33 bits per heavy atom. The van der Waals surface area contributed by atoms with Crippen molar-refractivity contribution in [3.63, 3.8) is 0 Å². The Balaban J connectivity index is 2.06. The molecule has 0 radical (unpaired) electrons. The summed E-state index contributed by atoms with van der Waals surface area (Å²) in [7, 11) is 0. The smallest absolute Gasteiger partial charge is 0.0775 e. The first-order valence-electron chi connectivity index (χ1n) is 6.23. The van der Waals surface area contributed by atoms with Crippen LogP contribution in [0.4, 0.5) is 0 Å². The minimum atomic E-state index is -0.515. The molecule has 0 amide bonds. The zero-order chi connectivity index (χ0) is 11.4. The Hall–Kier alpha value is -0.0800. The predicted octanol–water partition coefficient (Wildman–Crippen LogP) is 2.17. The van der Waals surface area contributed by atoms with Crippen molar-refractivity contribution in [2.75, 3.05) is 0 Å². The van der Waals surface area contributed by atoms with E-state index in [1.165, 1.54) is 0 Å². The van der Waals surface area contributed by atoms with Gasteiger partial charge >= 0.3 is 0 Å². The predicted molar refractivity (Wildman–Crippen MR) is 62.7 cm³/mol. The second kappa shape index (κ2) is 3.21. The summed E-state index contributed by atoms with van der Waals surface area (Å²) in [5, 5.41) is 14.0. The highest BCUT2D eigenvalue weighted by molar-refractivity contribution is 5.14. The molecule has 0 saturated heterocycles. The van der Waals surface area contributed by atoms with E-state index in [-0.39, 0.29) is 6.04 Å². The third-order valence-corrected chi connectivity index (χ3v) is 4.70. The van der Waals surface area contributed by atoms with Crippen LogP contribution in [0.15, 0.2) is 0 Å². The summed E-state index contributed by atoms with van der Waals surface area (Å²) in [6.45, 7) is 11.0. The van der Waals surface area contributed by atoms with E-state index in [4.69, 9.17) is 0 Å². The molecule has 0 aromatic heterocycles. The van der Waals surface area contributed by atoms with Gasteiger partial charge in [-0.3, -0.25) is 0 Å². The Morgan fingerprint density at radius 2 is 1.80 bits per heavy atom. The highest BCUT2D eigenvalue weighted by atomic mass is 16.3. The molecule has 15 heavy (non-hydrogen) atoms. The lowest BCUT2D eigenvalue weighted by Crippen LogP contribution is -2.53. The molecule has 0 heterocycles. The van der Waals surface area contributed by atoms with Crippen LogP contribution in [0.1, 0.15) is 47.5 Å². The van der Waals surface area contributed by atoms with E-state index in [0.717, 1.165) is 24.7 Å². The van der Waals surface area contributed by atoms with Crippen molar-refractivity contribution in [1.29, 1.82) is 0 Å². The maximum absolute atomic E-state index is 10.4. The second-order valence-electron chi connectivity index (χ2n) is 6.71. The van der Waals surface area contributed by atoms with Crippen LogP contribution in [-0.2, 0) is 0 Å². The summed E-state index contributed by atoms with van der Waals surface area (Å²) in [5.41, 5.74) is -0.0450. The van der Waals surface area contributed by atoms with E-state index in [0.29, 0.717) is 11.5 Å². The van der Waals surface area contributed by atoms with E-state index in [1.54, 1.807) is 0 Å². The standard InChI is InChI=1S/C13H25NO/c1-8(2)14-11-6-9-10(12(9,3)4)7-13(11,5)15/h8-11,14-15H,6-7H2,1-5H3/t9-,10+,11+,13+/m1/s1. The fourth-order valence-electron chi connectivity index (χ4n) is 3.48. The van der Waals surface area contributed by atoms with E-state index < -0.39 is 5.60 Å². The van der Waals surface area contributed by atoms with Crippen LogP contribution in [0.3, 0.4) is 0 Å². The molecule has 2 heteroatoms. The highest BCUT2D eigenvalue weighted by Crippen LogP contribution is 2.66. The van der Waals surface area contributed by atoms with Crippen molar-refractivity contribution in [2.24, 2.45) is 17.3 Å². The van der Waals surface area contributed by atoms with Crippen LogP contribution < -0.4 is 5.32 Å². The minimum Gasteiger partial charge on any atom is -0.389 e. The van der Waals surface area contributed by atoms with Crippen LogP contribution in [0.5, 0.6) is 0 Å². The number of rotatable bonds is 2. The molecule has 0 unspecified atom stereocenters. The molecule has 0 aromatic carbocycles. The van der Waals surface area contributed by atoms with Gasteiger partial charge in [-0.15, -0.1) is 0 Å². The molecule has 4 atom stereocenters. The fourth-order valence-corrected chi connectivity index (χ4v) is 3.48. The topological polar surface area (TPSA) is 32.3 Å². The average molecular weight is 211 g/mol. The van der Waals surface area contributed by atoms with Crippen molar-refractivity contribution in [2.45, 2.75) is 65.1 Å². The van der Waals surface area contributed by atoms with Crippen LogP contribution in [0.25, 0.3) is 0 Å². The number of aliphatic hydroxyl groups is 1. The van der Waals surface area contributed by atoms with Gasteiger partial charge in [0.15, 0.2) is 0 Å². The van der Waals surface area contributed by atoms with Gasteiger partial charge in [-0.1, -0.05) is 27.7 Å². The SMILES string of the molecule is CC(C)N[C@H]1C[C@@H]2[C@H](C[C@]1(C)O)C2(C)C. The lowest BCUT2D eigenvalue weighted by atomic mass is 9.81. The molecule has 2 saturated carbocycles. The second-order valence-corrected chi connectivity index (χ2v) is 6.71. The molecule has 88 valence electrons. The fraction of sp³-hybridized carbons (Fsp3) is 1.00. The summed E-state index contributed by atoms with van der Waals surface area (Å²) in [5.74, 6) is 1.58. The van der Waals surface area contributed by atoms with Crippen LogP contribution in [0, 0.1) is 17.3 Å². The average Bonchev–Trinajstić information content (AvgIpc) is 2.52. The lowest BCUT2D eigenvalue weighted by molar-refractivity contribution is -0.0165. The maximum atomic E-state index is 10.4. The Bertz CT molecular complexity index is 257. The van der Waals surface area contributed by atoms with Crippen molar-refractivity contribution in [3.8, 4) is 0 Å². The minimum absolute atomic E-state index is 0.278. The first-order valence-corrected chi connectivity index (χ1v) is 6.23. The number of fused-ring (bicyclic) bond motifs is 1. The molecule has 0 bridgehead atoms. The van der Waals surface area contributed by atoms with Gasteiger partial charge in [0.1, 0.15) is 0 Å². The zero-order valence-electron chi connectivity index (χ0n) is 10.7. The van der Waals surface area contributed by atoms with Crippen molar-refractivity contribution < 1.29 is 5.11 Å². The first-order chi connectivity index (χ1) is 6.75. The number of nitrogens with one attached hydrogen (secondary N) is 1. The number of hydrogen-bond donors (Lipinski definition) is 2. The molecule has 2 nitrogen and oxygen atoms in total. The molecule has 0 aliphatic heterocycles. The zero-order valence-corrected chi connectivity index (χ0v) is 10.7. The van der Waals surface area contributed by atoms with E-state index in [9.17, 15) is 5.11 Å². The monoisotopic (exact) mass is 211 g/mol. The van der Waals surface area contributed by atoms with E-state index in [1.807, 2.05) is 6.92 Å². The molecule has 0 spiro atoms. The van der Waals surface area contributed by atoms with E-state index >= 15 is 0 Å². The van der Waals surface area contributed by atoms with Gasteiger partial charge in [0.2, 0.25) is 0 Å². The Labute approximate surface area is 93.5 Å². The molecule has 2 fully saturated rings. The van der Waals surface area contributed by atoms with Crippen LogP contribution in [0.2, 0.25) is 0 Å². The summed E-state index contributed by atoms with van der Waals surface area (Å²) < 4.78 is 0. The van der Waals surface area contributed by atoms with Crippen molar-refractivity contribution >= 4 is 0 Å². The molecular formula is C13H25NO. The largest absolute Gasteiger partial charge is 0.389 e. The van der Waals surface area contributed by atoms with Crippen LogP contribution in [-0.4, -0.2) is 22.8 Å². The van der Waals surface area contributed by atoms with Gasteiger partial charge in [-0.2, -0.15) is 0 Å². The summed E-state index contributed by atoms with van der Waals surface area (Å²) >= 11 is 0. The van der Waals surface area contributed by atoms with Gasteiger partial charge in [0, 0.05) is 12.1 Å². The molecule has 2 N–H and O–H groups in total. The summed E-state index contributed by atoms with van der Waals surface area (Å²) in [4.78, 5) is 0. The van der Waals surface area contributed by atoms with Crippen molar-refractivity contribution in [3.05, 3.63) is 0 Å². The quantitative estimate of drug-likeness (QED) is 0.733. The third-order valence-electron chi connectivity index (χ3n) is 4.70. The molecule has 0 aromatic rings. The van der Waals surface area contributed by atoms with Gasteiger partial charge in [-0.25, -0.2) is 0 Å². The van der Waals surface area contributed by atoms with Crippen LogP contribution >= 0.6 is 0 Å². The van der Waals surface area contributed by atoms with Gasteiger partial charge in [0.05, 0.1) is 5.60 Å². The highest BCUT2D eigenvalue weighted by Gasteiger charge is 2.63. The van der Waals surface area contributed by atoms with E-state index in [2.05, 4.69) is 33.0 Å². The number of hydrogen-bond acceptors (Lipinski definition) is 2. The summed E-state index contributed by atoms with van der Waals surface area (Å²) in [6, 6.07) is 0.736. The first kappa shape index (κ1) is 11.4. The maximum Gasteiger partial charge on any atom is 0.0775 e. The molecule has 2 aliphatic carbocycles. The normalized spacial score (nSPS) is 47.8. The van der Waals surface area contributed by atoms with Gasteiger partial charge < -0.3 is 10.4 Å². The molecule has 2 rings (SSSR count). The molecule has 2 aliphatic rings. The Morgan fingerprint density at radius 1 is 1.20 bits per heavy atom. The van der Waals surface area contributed by atoms with Gasteiger partial charge in [-0.05, 0) is 37.0 Å². The Kier molecular flexibility index (Phi) is 2.44. The molecular weight excluding hydrogens is 186 g/mol. The third kappa shape index (κ3) is 1.83. The van der Waals surface area contributed by atoms with Crippen molar-refractivity contribution in [1.82, 2.24) is 5.32 Å². The van der Waals surface area contributed by atoms with Gasteiger partial charge in [0.25, 0.3) is 0 Å². The lowest BCUT2D eigenvalue weighted by Gasteiger charge is -2.38. The summed E-state index contributed by atoms with van der Waals surface area (Å²) in [6.07, 6.45) is 2.11.